The van der Waals surface area contributed by atoms with E-state index in [9.17, 15) is 0 Å². The van der Waals surface area contributed by atoms with E-state index in [1.807, 2.05) is 0 Å². The third kappa shape index (κ3) is 4.53. The van der Waals surface area contributed by atoms with Crippen LogP contribution in [0.4, 0.5) is 0 Å². The lowest BCUT2D eigenvalue weighted by molar-refractivity contribution is -0.684. The molecule has 0 atom stereocenters. The van der Waals surface area contributed by atoms with E-state index in [0.29, 0.717) is 0 Å². The summed E-state index contributed by atoms with van der Waals surface area (Å²) < 4.78 is 5.82. The van der Waals surface area contributed by atoms with Gasteiger partial charge in [-0.1, -0.05) is 32.6 Å². The van der Waals surface area contributed by atoms with Gasteiger partial charge in [0.2, 0.25) is 0 Å². The Labute approximate surface area is 107 Å². The van der Waals surface area contributed by atoms with Gasteiger partial charge in [0.15, 0.2) is 0 Å². The third-order valence-corrected chi connectivity index (χ3v) is 4.13. The van der Waals surface area contributed by atoms with E-state index in [4.69, 9.17) is 0 Å². The first-order chi connectivity index (χ1) is 7.25. The summed E-state index contributed by atoms with van der Waals surface area (Å²) in [7, 11) is 2.10. The zero-order chi connectivity index (χ0) is 11.1. The lowest BCUT2D eigenvalue weighted by Gasteiger charge is -1.99. The van der Waals surface area contributed by atoms with Gasteiger partial charge in [-0.25, -0.2) is 9.13 Å². The fourth-order valence-corrected chi connectivity index (χ4v) is 2.30. The first-order valence-electron chi connectivity index (χ1n) is 5.96. The Bertz CT molecular complexity index is 281. The molecule has 0 unspecified atom stereocenters. The summed E-state index contributed by atoms with van der Waals surface area (Å²) in [5, 5.41) is 0. The standard InChI is InChI=1S/C12H22IN2/c1-3-4-5-6-7-8-9-15-11-10-14(2)12(15)13/h10-11H,3-9H2,1-2H3/q+1. The highest BCUT2D eigenvalue weighted by atomic mass is 127. The predicted octanol–water partition coefficient (Wildman–Crippen LogP) is 3.28. The maximum atomic E-state index is 2.40. The molecule has 1 rings (SSSR count). The van der Waals surface area contributed by atoms with Gasteiger partial charge in [0.1, 0.15) is 12.4 Å². The van der Waals surface area contributed by atoms with Crippen LogP contribution in [0, 0.1) is 3.83 Å². The molecule has 0 N–H and O–H groups in total. The Morgan fingerprint density at radius 3 is 2.47 bits per heavy atom. The second-order valence-electron chi connectivity index (χ2n) is 4.14. The SMILES string of the molecule is CCCCCCCCn1cc[n+](C)c1I. The minimum absolute atomic E-state index is 1.17. The summed E-state index contributed by atoms with van der Waals surface area (Å²) in [4.78, 5) is 0. The van der Waals surface area contributed by atoms with E-state index in [1.54, 1.807) is 0 Å². The van der Waals surface area contributed by atoms with Crippen molar-refractivity contribution in [3.63, 3.8) is 0 Å². The Kier molecular flexibility index (Phi) is 6.29. The molecule has 0 fully saturated rings. The van der Waals surface area contributed by atoms with Crippen LogP contribution in [0.15, 0.2) is 12.4 Å². The topological polar surface area (TPSA) is 8.81 Å². The first kappa shape index (κ1) is 13.0. The molecule has 0 aromatic carbocycles. The van der Waals surface area contributed by atoms with E-state index < -0.39 is 0 Å². The summed E-state index contributed by atoms with van der Waals surface area (Å²) in [5.41, 5.74) is 0. The molecule has 0 aliphatic rings. The van der Waals surface area contributed by atoms with Gasteiger partial charge in [0.25, 0.3) is 0 Å². The number of rotatable bonds is 7. The molecule has 0 saturated heterocycles. The van der Waals surface area contributed by atoms with Gasteiger partial charge in [-0.15, -0.1) is 0 Å². The number of aromatic nitrogens is 2. The first-order valence-corrected chi connectivity index (χ1v) is 7.04. The molecule has 0 radical (unpaired) electrons. The minimum atomic E-state index is 1.17. The van der Waals surface area contributed by atoms with E-state index in [1.165, 1.54) is 48.9 Å². The average molecular weight is 321 g/mol. The fourth-order valence-electron chi connectivity index (χ4n) is 1.74. The number of aryl methyl sites for hydroxylation is 2. The zero-order valence-corrected chi connectivity index (χ0v) is 12.0. The van der Waals surface area contributed by atoms with Crippen molar-refractivity contribution in [2.75, 3.05) is 0 Å². The van der Waals surface area contributed by atoms with Gasteiger partial charge >= 0.3 is 3.83 Å². The number of nitrogens with zero attached hydrogens (tertiary/aromatic N) is 2. The van der Waals surface area contributed by atoms with E-state index >= 15 is 0 Å². The van der Waals surface area contributed by atoms with Crippen molar-refractivity contribution in [2.24, 2.45) is 7.05 Å². The number of hydrogen-bond acceptors (Lipinski definition) is 0. The van der Waals surface area contributed by atoms with Crippen molar-refractivity contribution in [1.82, 2.24) is 4.57 Å². The highest BCUT2D eigenvalue weighted by Crippen LogP contribution is 2.07. The van der Waals surface area contributed by atoms with Crippen LogP contribution in [0.25, 0.3) is 0 Å². The Hall–Kier alpha value is -0.0600. The van der Waals surface area contributed by atoms with Gasteiger partial charge in [-0.2, -0.15) is 0 Å². The molecular formula is C12H22IN2+. The molecule has 1 aromatic heterocycles. The van der Waals surface area contributed by atoms with Crippen LogP contribution in [0.1, 0.15) is 45.4 Å². The number of hydrogen-bond donors (Lipinski definition) is 0. The second kappa shape index (κ2) is 7.25. The number of imidazole rings is 1. The van der Waals surface area contributed by atoms with Crippen molar-refractivity contribution in [2.45, 2.75) is 52.0 Å². The van der Waals surface area contributed by atoms with Crippen molar-refractivity contribution < 1.29 is 4.57 Å². The van der Waals surface area contributed by atoms with E-state index in [2.05, 4.69) is 58.1 Å². The smallest absolute Gasteiger partial charge is 0.228 e. The molecule has 86 valence electrons. The van der Waals surface area contributed by atoms with Crippen LogP contribution in [0.5, 0.6) is 0 Å². The maximum absolute atomic E-state index is 2.40. The quantitative estimate of drug-likeness (QED) is 0.414. The average Bonchev–Trinajstić information content (AvgIpc) is 2.54. The van der Waals surface area contributed by atoms with Crippen molar-refractivity contribution in [3.05, 3.63) is 16.2 Å². The van der Waals surface area contributed by atoms with Gasteiger partial charge < -0.3 is 0 Å². The maximum Gasteiger partial charge on any atom is 0.317 e. The van der Waals surface area contributed by atoms with Crippen molar-refractivity contribution >= 4 is 22.6 Å². The highest BCUT2D eigenvalue weighted by Gasteiger charge is 2.08. The molecule has 3 heteroatoms. The van der Waals surface area contributed by atoms with Crippen LogP contribution in [-0.2, 0) is 13.6 Å². The van der Waals surface area contributed by atoms with E-state index in [0.717, 1.165) is 0 Å². The molecule has 0 saturated carbocycles. The number of halogens is 1. The summed E-state index contributed by atoms with van der Waals surface area (Å²) in [6.45, 7) is 3.44. The normalized spacial score (nSPS) is 10.9. The lowest BCUT2D eigenvalue weighted by Crippen LogP contribution is -2.30. The Morgan fingerprint density at radius 2 is 1.87 bits per heavy atom. The van der Waals surface area contributed by atoms with Crippen LogP contribution in [0.2, 0.25) is 0 Å². The summed E-state index contributed by atoms with van der Waals surface area (Å²) in [5.74, 6) is 0. The summed E-state index contributed by atoms with van der Waals surface area (Å²) >= 11 is 2.40. The molecule has 1 heterocycles. The molecule has 0 aliphatic carbocycles. The molecule has 15 heavy (non-hydrogen) atoms. The van der Waals surface area contributed by atoms with Gasteiger partial charge in [0, 0.05) is 0 Å². The largest absolute Gasteiger partial charge is 0.317 e. The lowest BCUT2D eigenvalue weighted by atomic mass is 10.1. The molecule has 1 aromatic rings. The van der Waals surface area contributed by atoms with Crippen LogP contribution < -0.4 is 4.57 Å². The molecule has 0 amide bonds. The monoisotopic (exact) mass is 321 g/mol. The van der Waals surface area contributed by atoms with Gasteiger partial charge in [-0.3, -0.25) is 0 Å². The fraction of sp³-hybridized carbons (Fsp3) is 0.750. The molecule has 0 bridgehead atoms. The Morgan fingerprint density at radius 1 is 1.20 bits per heavy atom. The molecular weight excluding hydrogens is 299 g/mol. The third-order valence-electron chi connectivity index (χ3n) is 2.75. The van der Waals surface area contributed by atoms with Gasteiger partial charge in [-0.05, 0) is 12.8 Å². The minimum Gasteiger partial charge on any atom is -0.228 e. The zero-order valence-electron chi connectivity index (χ0n) is 9.88. The van der Waals surface area contributed by atoms with Crippen LogP contribution in [0.3, 0.4) is 0 Å². The van der Waals surface area contributed by atoms with E-state index in [-0.39, 0.29) is 0 Å². The van der Waals surface area contributed by atoms with Crippen molar-refractivity contribution in [3.8, 4) is 0 Å². The Balaban J connectivity index is 2.12. The predicted molar refractivity (Wildman–Crippen MR) is 71.7 cm³/mol. The highest BCUT2D eigenvalue weighted by molar-refractivity contribution is 14.1. The van der Waals surface area contributed by atoms with Crippen LogP contribution in [-0.4, -0.2) is 4.57 Å². The summed E-state index contributed by atoms with van der Waals surface area (Å²) in [6.07, 6.45) is 12.5. The number of unbranched alkanes of at least 4 members (excludes halogenated alkanes) is 5. The molecule has 2 nitrogen and oxygen atoms in total. The second-order valence-corrected chi connectivity index (χ2v) is 5.10. The molecule has 0 aliphatic heterocycles. The molecule has 0 spiro atoms. The van der Waals surface area contributed by atoms with Crippen LogP contribution >= 0.6 is 22.6 Å². The van der Waals surface area contributed by atoms with Gasteiger partial charge in [0.05, 0.1) is 36.2 Å². The summed E-state index contributed by atoms with van der Waals surface area (Å²) in [6, 6.07) is 0. The van der Waals surface area contributed by atoms with Crippen molar-refractivity contribution in [1.29, 1.82) is 0 Å².